The van der Waals surface area contributed by atoms with E-state index in [1.54, 1.807) is 32.4 Å². The highest BCUT2D eigenvalue weighted by Gasteiger charge is 2.27. The van der Waals surface area contributed by atoms with Crippen LogP contribution in [0.3, 0.4) is 0 Å². The molecule has 1 aliphatic heterocycles. The van der Waals surface area contributed by atoms with Crippen molar-refractivity contribution in [3.8, 4) is 23.0 Å². The Morgan fingerprint density at radius 1 is 0.930 bits per heavy atom. The van der Waals surface area contributed by atoms with Crippen molar-refractivity contribution in [1.29, 1.82) is 0 Å². The van der Waals surface area contributed by atoms with E-state index in [9.17, 15) is 5.11 Å². The molecule has 1 N–H and O–H groups in total. The molecule has 3 aromatic carbocycles. The van der Waals surface area contributed by atoms with Crippen LogP contribution in [0.1, 0.15) is 54.4 Å². The number of methoxy groups -OCH3 is 2. The van der Waals surface area contributed by atoms with E-state index >= 15 is 4.39 Å². The van der Waals surface area contributed by atoms with Crippen molar-refractivity contribution in [3.63, 3.8) is 0 Å². The van der Waals surface area contributed by atoms with E-state index in [-0.39, 0.29) is 17.5 Å². The summed E-state index contributed by atoms with van der Waals surface area (Å²) in [5.74, 6) is 1.89. The standard InChI is InChI=1S/C35H45FN2O5/c1-5-38(23-24-6-11-33(31(36)18-24)43-17-14-37(2)28-12-15-42-16-13-28)32-22-35(41-4)34(40-3)21-30(32)27-8-7-26-20-29(39)10-9-25(26)19-27/h6,9-11,18,20-22,27-28,39H,5,7-8,12-17,19,23H2,1-4H3/t27-/m1/s1. The fourth-order valence-corrected chi connectivity index (χ4v) is 6.45. The van der Waals surface area contributed by atoms with Gasteiger partial charge >= 0.3 is 0 Å². The van der Waals surface area contributed by atoms with Crippen molar-refractivity contribution in [1.82, 2.24) is 4.90 Å². The second-order valence-electron chi connectivity index (χ2n) is 11.6. The molecular formula is C35H45FN2O5. The van der Waals surface area contributed by atoms with Crippen molar-refractivity contribution >= 4 is 5.69 Å². The minimum atomic E-state index is -0.345. The molecule has 1 aliphatic carbocycles. The molecule has 8 heteroatoms. The minimum Gasteiger partial charge on any atom is -0.508 e. The summed E-state index contributed by atoms with van der Waals surface area (Å²) < 4.78 is 37.9. The number of rotatable bonds is 12. The summed E-state index contributed by atoms with van der Waals surface area (Å²) in [5.41, 5.74) is 5.58. The third-order valence-electron chi connectivity index (χ3n) is 9.00. The van der Waals surface area contributed by atoms with Crippen molar-refractivity contribution in [3.05, 3.63) is 76.6 Å². The molecule has 0 saturated carbocycles. The first-order valence-corrected chi connectivity index (χ1v) is 15.4. The second-order valence-corrected chi connectivity index (χ2v) is 11.6. The quantitative estimate of drug-likeness (QED) is 0.263. The average molecular weight is 593 g/mol. The van der Waals surface area contributed by atoms with Gasteiger partial charge in [0.25, 0.3) is 0 Å². The fraction of sp³-hybridized carbons (Fsp3) is 0.486. The maximum Gasteiger partial charge on any atom is 0.165 e. The van der Waals surface area contributed by atoms with Crippen molar-refractivity contribution in [2.75, 3.05) is 59.1 Å². The van der Waals surface area contributed by atoms with E-state index in [0.29, 0.717) is 36.4 Å². The van der Waals surface area contributed by atoms with Crippen LogP contribution >= 0.6 is 0 Å². The summed E-state index contributed by atoms with van der Waals surface area (Å²) in [6, 6.07) is 15.6. The Balaban J connectivity index is 1.32. The van der Waals surface area contributed by atoms with Gasteiger partial charge in [0.1, 0.15) is 12.4 Å². The number of nitrogens with zero attached hydrogens (tertiary/aromatic N) is 2. The third kappa shape index (κ3) is 7.36. The van der Waals surface area contributed by atoms with Crippen LogP contribution in [0.4, 0.5) is 10.1 Å². The maximum absolute atomic E-state index is 15.2. The Bertz CT molecular complexity index is 1380. The predicted molar refractivity (Wildman–Crippen MR) is 168 cm³/mol. The Morgan fingerprint density at radius 2 is 1.70 bits per heavy atom. The number of phenols is 1. The first-order chi connectivity index (χ1) is 20.9. The zero-order chi connectivity index (χ0) is 30.3. The van der Waals surface area contributed by atoms with Gasteiger partial charge in [-0.15, -0.1) is 0 Å². The SMILES string of the molecule is CCN(Cc1ccc(OCCN(C)C2CCOCC2)c(F)c1)c1cc(OC)c(OC)cc1[C@@H]1CCc2cc(O)ccc2C1. The van der Waals surface area contributed by atoms with Crippen LogP contribution in [0, 0.1) is 5.82 Å². The van der Waals surface area contributed by atoms with Gasteiger partial charge in [0, 0.05) is 50.6 Å². The van der Waals surface area contributed by atoms with Crippen molar-refractivity contribution in [2.24, 2.45) is 0 Å². The molecule has 0 spiro atoms. The average Bonchev–Trinajstić information content (AvgIpc) is 3.04. The highest BCUT2D eigenvalue weighted by atomic mass is 19.1. The lowest BCUT2D eigenvalue weighted by Gasteiger charge is -2.32. The van der Waals surface area contributed by atoms with Crippen molar-refractivity contribution in [2.45, 2.75) is 57.5 Å². The van der Waals surface area contributed by atoms with Gasteiger partial charge in [-0.25, -0.2) is 4.39 Å². The Kier molecular flexibility index (Phi) is 10.3. The van der Waals surface area contributed by atoms with E-state index < -0.39 is 0 Å². The second kappa shape index (κ2) is 14.3. The predicted octanol–water partition coefficient (Wildman–Crippen LogP) is 6.34. The zero-order valence-corrected chi connectivity index (χ0v) is 25.9. The summed E-state index contributed by atoms with van der Waals surface area (Å²) in [5, 5.41) is 9.96. The molecule has 1 saturated heterocycles. The van der Waals surface area contributed by atoms with E-state index in [1.807, 2.05) is 24.3 Å². The van der Waals surface area contributed by atoms with Gasteiger partial charge in [0.2, 0.25) is 0 Å². The van der Waals surface area contributed by atoms with Crippen LogP contribution in [0.25, 0.3) is 0 Å². The molecule has 0 bridgehead atoms. The molecule has 0 aromatic heterocycles. The van der Waals surface area contributed by atoms with Gasteiger partial charge in [-0.3, -0.25) is 4.90 Å². The zero-order valence-electron chi connectivity index (χ0n) is 25.9. The maximum atomic E-state index is 15.2. The van der Waals surface area contributed by atoms with Crippen LogP contribution < -0.4 is 19.1 Å². The molecule has 5 rings (SSSR count). The molecule has 0 amide bonds. The van der Waals surface area contributed by atoms with Crippen LogP contribution in [-0.2, 0) is 24.1 Å². The van der Waals surface area contributed by atoms with E-state index in [1.165, 1.54) is 16.7 Å². The molecule has 3 aromatic rings. The lowest BCUT2D eigenvalue weighted by Crippen LogP contribution is -2.38. The summed E-state index contributed by atoms with van der Waals surface area (Å²) in [6.45, 7) is 6.16. The molecule has 2 aliphatic rings. The normalized spacial score (nSPS) is 17.0. The fourth-order valence-electron chi connectivity index (χ4n) is 6.45. The smallest absolute Gasteiger partial charge is 0.165 e. The van der Waals surface area contributed by atoms with Gasteiger partial charge in [0.05, 0.1) is 14.2 Å². The Morgan fingerprint density at radius 3 is 2.42 bits per heavy atom. The molecule has 232 valence electrons. The van der Waals surface area contributed by atoms with Gasteiger partial charge in [-0.05, 0) is 105 Å². The lowest BCUT2D eigenvalue weighted by atomic mass is 9.79. The van der Waals surface area contributed by atoms with Crippen LogP contribution in [0.5, 0.6) is 23.0 Å². The number of aromatic hydroxyl groups is 1. The van der Waals surface area contributed by atoms with Gasteiger partial charge in [-0.1, -0.05) is 12.1 Å². The third-order valence-corrected chi connectivity index (χ3v) is 9.00. The van der Waals surface area contributed by atoms with Gasteiger partial charge in [-0.2, -0.15) is 0 Å². The first-order valence-electron chi connectivity index (χ1n) is 15.4. The summed E-state index contributed by atoms with van der Waals surface area (Å²) >= 11 is 0. The highest BCUT2D eigenvalue weighted by molar-refractivity contribution is 5.64. The van der Waals surface area contributed by atoms with Gasteiger partial charge in [0.15, 0.2) is 23.1 Å². The van der Waals surface area contributed by atoms with E-state index in [2.05, 4.69) is 29.8 Å². The van der Waals surface area contributed by atoms with E-state index in [4.69, 9.17) is 18.9 Å². The molecular weight excluding hydrogens is 547 g/mol. The summed E-state index contributed by atoms with van der Waals surface area (Å²) in [6.07, 6.45) is 4.77. The molecule has 0 radical (unpaired) electrons. The lowest BCUT2D eigenvalue weighted by molar-refractivity contribution is 0.0391. The first kappa shape index (κ1) is 31.0. The summed E-state index contributed by atoms with van der Waals surface area (Å²) in [7, 11) is 5.40. The molecule has 1 fully saturated rings. The van der Waals surface area contributed by atoms with E-state index in [0.717, 1.165) is 69.7 Å². The molecule has 7 nitrogen and oxygen atoms in total. The number of aryl methyl sites for hydroxylation is 1. The number of likely N-dealkylation sites (N-methyl/N-ethyl adjacent to an activating group) is 1. The number of hydrogen-bond donors (Lipinski definition) is 1. The topological polar surface area (TPSA) is 63.6 Å². The Hall–Kier alpha value is -3.49. The number of fused-ring (bicyclic) bond motifs is 1. The number of hydrogen-bond acceptors (Lipinski definition) is 7. The minimum absolute atomic E-state index is 0.271. The molecule has 43 heavy (non-hydrogen) atoms. The van der Waals surface area contributed by atoms with Crippen LogP contribution in [-0.4, -0.2) is 70.2 Å². The number of phenolic OH excluding ortho intramolecular Hbond substituents is 1. The van der Waals surface area contributed by atoms with Crippen LogP contribution in [0.2, 0.25) is 0 Å². The molecule has 1 atom stereocenters. The summed E-state index contributed by atoms with van der Waals surface area (Å²) in [4.78, 5) is 4.55. The van der Waals surface area contributed by atoms with Crippen LogP contribution in [0.15, 0.2) is 48.5 Å². The number of halogens is 1. The highest BCUT2D eigenvalue weighted by Crippen LogP contribution is 2.43. The number of anilines is 1. The number of ether oxygens (including phenoxy) is 4. The van der Waals surface area contributed by atoms with Gasteiger partial charge < -0.3 is 29.0 Å². The molecule has 1 heterocycles. The molecule has 0 unspecified atom stereocenters. The monoisotopic (exact) mass is 592 g/mol. The largest absolute Gasteiger partial charge is 0.508 e. The Labute approximate surface area is 255 Å². The number of benzene rings is 3. The van der Waals surface area contributed by atoms with Crippen molar-refractivity contribution < 1.29 is 28.4 Å².